The van der Waals surface area contributed by atoms with E-state index in [-0.39, 0.29) is 0 Å². The zero-order chi connectivity index (χ0) is 40.3. The Balaban J connectivity index is 0.942. The zero-order valence-corrected chi connectivity index (χ0v) is 33.2. The van der Waals surface area contributed by atoms with Gasteiger partial charge in [-0.2, -0.15) is 0 Å². The highest BCUT2D eigenvalue weighted by atomic mass is 16.3. The zero-order valence-electron chi connectivity index (χ0n) is 33.2. The lowest BCUT2D eigenvalue weighted by Gasteiger charge is -2.27. The average molecular weight is 779 g/mol. The van der Waals surface area contributed by atoms with Crippen LogP contribution in [0.4, 0.5) is 17.1 Å². The minimum atomic E-state index is 0.891. The fourth-order valence-corrected chi connectivity index (χ4v) is 9.31. The monoisotopic (exact) mass is 778 g/mol. The number of anilines is 3. The summed E-state index contributed by atoms with van der Waals surface area (Å²) >= 11 is 0. The molecule has 61 heavy (non-hydrogen) atoms. The van der Waals surface area contributed by atoms with Gasteiger partial charge < -0.3 is 13.9 Å². The van der Waals surface area contributed by atoms with Gasteiger partial charge in [-0.25, -0.2) is 0 Å². The molecule has 0 radical (unpaired) electrons. The Morgan fingerprint density at radius 2 is 0.902 bits per heavy atom. The number of hydrogen-bond donors (Lipinski definition) is 0. The molecule has 3 nitrogen and oxygen atoms in total. The van der Waals surface area contributed by atoms with E-state index in [1.165, 1.54) is 60.4 Å². The number of benzene rings is 10. The van der Waals surface area contributed by atoms with Gasteiger partial charge in [0, 0.05) is 50.1 Å². The molecule has 0 fully saturated rings. The van der Waals surface area contributed by atoms with Crippen LogP contribution in [0.3, 0.4) is 0 Å². The molecule has 0 aliphatic rings. The van der Waals surface area contributed by atoms with Crippen LogP contribution in [-0.4, -0.2) is 4.57 Å². The van der Waals surface area contributed by atoms with Crippen molar-refractivity contribution in [3.63, 3.8) is 0 Å². The van der Waals surface area contributed by atoms with Gasteiger partial charge in [-0.15, -0.1) is 0 Å². The van der Waals surface area contributed by atoms with Gasteiger partial charge in [-0.1, -0.05) is 158 Å². The summed E-state index contributed by atoms with van der Waals surface area (Å²) in [4.78, 5) is 2.38. The number of nitrogens with zero attached hydrogens (tertiary/aromatic N) is 2. The summed E-state index contributed by atoms with van der Waals surface area (Å²) in [6, 6.07) is 83.0. The van der Waals surface area contributed by atoms with Gasteiger partial charge in [0.05, 0.1) is 16.7 Å². The van der Waals surface area contributed by atoms with E-state index in [0.717, 1.165) is 50.2 Å². The van der Waals surface area contributed by atoms with E-state index in [4.69, 9.17) is 4.42 Å². The highest BCUT2D eigenvalue weighted by molar-refractivity contribution is 6.12. The number of hydrogen-bond acceptors (Lipinski definition) is 2. The first-order valence-electron chi connectivity index (χ1n) is 20.8. The molecule has 0 spiro atoms. The number of para-hydroxylation sites is 2. The topological polar surface area (TPSA) is 21.3 Å². The molecule has 0 bridgehead atoms. The summed E-state index contributed by atoms with van der Waals surface area (Å²) < 4.78 is 8.70. The van der Waals surface area contributed by atoms with Crippen LogP contribution in [0.5, 0.6) is 0 Å². The first-order valence-corrected chi connectivity index (χ1v) is 20.8. The fraction of sp³-hybridized carbons (Fsp3) is 0. The molecule has 2 heterocycles. The van der Waals surface area contributed by atoms with Crippen LogP contribution in [0.25, 0.3) is 93.6 Å². The summed E-state index contributed by atoms with van der Waals surface area (Å²) in [5.74, 6) is 0. The second-order valence-electron chi connectivity index (χ2n) is 15.7. The normalized spacial score (nSPS) is 11.6. The van der Waals surface area contributed by atoms with E-state index >= 15 is 0 Å². The van der Waals surface area contributed by atoms with Crippen LogP contribution in [0.2, 0.25) is 0 Å². The standard InChI is InChI=1S/C58H38N2O/c1-2-13-39(14-3-1)40-25-30-44(31-26-40)59(54-23-12-16-41-15-4-5-19-49(41)54)45-32-27-42(28-33-45)47-17-6-7-18-48(47)43-29-36-56-53(37-43)50-20-8-10-22-55(50)60(56)46-34-35-52-51-21-9-11-24-57(51)61-58(52)38-46/h1-38H. The van der Waals surface area contributed by atoms with Crippen molar-refractivity contribution in [2.75, 3.05) is 4.90 Å². The number of furan rings is 1. The molecule has 3 heteroatoms. The first kappa shape index (κ1) is 34.9. The van der Waals surface area contributed by atoms with Crippen molar-refractivity contribution in [1.82, 2.24) is 4.57 Å². The molecule has 0 N–H and O–H groups in total. The van der Waals surface area contributed by atoms with Crippen molar-refractivity contribution in [2.24, 2.45) is 0 Å². The van der Waals surface area contributed by atoms with Crippen LogP contribution in [0.15, 0.2) is 235 Å². The van der Waals surface area contributed by atoms with Crippen molar-refractivity contribution < 1.29 is 4.42 Å². The molecule has 0 aliphatic heterocycles. The Hall–Kier alpha value is -8.14. The third-order valence-corrected chi connectivity index (χ3v) is 12.2. The van der Waals surface area contributed by atoms with Crippen LogP contribution < -0.4 is 4.90 Å². The van der Waals surface area contributed by atoms with Crippen LogP contribution in [0.1, 0.15) is 0 Å². The van der Waals surface area contributed by atoms with Crippen LogP contribution >= 0.6 is 0 Å². The maximum Gasteiger partial charge on any atom is 0.137 e. The second-order valence-corrected chi connectivity index (χ2v) is 15.7. The Bertz CT molecular complexity index is 3570. The molecule has 12 aromatic rings. The van der Waals surface area contributed by atoms with Gasteiger partial charge in [0.2, 0.25) is 0 Å². The van der Waals surface area contributed by atoms with Crippen molar-refractivity contribution in [1.29, 1.82) is 0 Å². The van der Waals surface area contributed by atoms with Crippen LogP contribution in [0, 0.1) is 0 Å². The molecule has 0 saturated carbocycles. The summed E-state index contributed by atoms with van der Waals surface area (Å²) in [6.07, 6.45) is 0. The molecular formula is C58H38N2O. The lowest BCUT2D eigenvalue weighted by atomic mass is 9.93. The quantitative estimate of drug-likeness (QED) is 0.161. The van der Waals surface area contributed by atoms with Gasteiger partial charge in [-0.05, 0) is 105 Å². The molecule has 2 aromatic heterocycles. The van der Waals surface area contributed by atoms with Gasteiger partial charge in [0.25, 0.3) is 0 Å². The average Bonchev–Trinajstić information content (AvgIpc) is 3.87. The maximum absolute atomic E-state index is 6.33. The van der Waals surface area contributed by atoms with E-state index in [0.29, 0.717) is 0 Å². The summed E-state index contributed by atoms with van der Waals surface area (Å²) in [5, 5.41) is 7.12. The predicted octanol–water partition coefficient (Wildman–Crippen LogP) is 16.3. The first-order chi connectivity index (χ1) is 30.2. The van der Waals surface area contributed by atoms with Crippen molar-refractivity contribution in [3.8, 4) is 39.1 Å². The third kappa shape index (κ3) is 5.90. The lowest BCUT2D eigenvalue weighted by molar-refractivity contribution is 0.668. The van der Waals surface area contributed by atoms with E-state index in [1.54, 1.807) is 0 Å². The summed E-state index contributed by atoms with van der Waals surface area (Å²) in [5.41, 5.74) is 15.7. The van der Waals surface area contributed by atoms with E-state index < -0.39 is 0 Å². The Labute approximate surface area is 353 Å². The van der Waals surface area contributed by atoms with E-state index in [1.807, 2.05) is 12.1 Å². The smallest absolute Gasteiger partial charge is 0.137 e. The summed E-state index contributed by atoms with van der Waals surface area (Å²) in [6.45, 7) is 0. The molecule has 0 aliphatic carbocycles. The van der Waals surface area contributed by atoms with E-state index in [2.05, 4.69) is 228 Å². The number of aromatic nitrogens is 1. The fourth-order valence-electron chi connectivity index (χ4n) is 9.31. The van der Waals surface area contributed by atoms with Gasteiger partial charge in [0.15, 0.2) is 0 Å². The molecule has 286 valence electrons. The molecule has 12 rings (SSSR count). The highest BCUT2D eigenvalue weighted by Crippen LogP contribution is 2.42. The van der Waals surface area contributed by atoms with Crippen molar-refractivity contribution >= 4 is 71.6 Å². The Kier molecular flexibility index (Phi) is 8.17. The van der Waals surface area contributed by atoms with Gasteiger partial charge >= 0.3 is 0 Å². The highest BCUT2D eigenvalue weighted by Gasteiger charge is 2.19. The molecule has 0 amide bonds. The van der Waals surface area contributed by atoms with E-state index in [9.17, 15) is 0 Å². The Morgan fingerprint density at radius 1 is 0.328 bits per heavy atom. The maximum atomic E-state index is 6.33. The molecule has 0 atom stereocenters. The summed E-state index contributed by atoms with van der Waals surface area (Å²) in [7, 11) is 0. The van der Waals surface area contributed by atoms with Crippen LogP contribution in [-0.2, 0) is 0 Å². The Morgan fingerprint density at radius 3 is 1.70 bits per heavy atom. The number of rotatable bonds is 7. The third-order valence-electron chi connectivity index (χ3n) is 12.2. The molecule has 10 aromatic carbocycles. The SMILES string of the molecule is c1ccc(-c2ccc(N(c3ccc(-c4ccccc4-c4ccc5c(c4)c4ccccc4n5-c4ccc5c(c4)oc4ccccc45)cc3)c3cccc4ccccc34)cc2)cc1. The number of fused-ring (bicyclic) bond motifs is 7. The van der Waals surface area contributed by atoms with Gasteiger partial charge in [-0.3, -0.25) is 0 Å². The van der Waals surface area contributed by atoms with Crippen molar-refractivity contribution in [2.45, 2.75) is 0 Å². The van der Waals surface area contributed by atoms with Gasteiger partial charge in [0.1, 0.15) is 11.2 Å². The predicted molar refractivity (Wildman–Crippen MR) is 257 cm³/mol. The molecular weight excluding hydrogens is 741 g/mol. The minimum Gasteiger partial charge on any atom is -0.456 e. The molecule has 0 unspecified atom stereocenters. The largest absolute Gasteiger partial charge is 0.456 e. The minimum absolute atomic E-state index is 0.891. The lowest BCUT2D eigenvalue weighted by Crippen LogP contribution is -2.10. The van der Waals surface area contributed by atoms with Crippen molar-refractivity contribution in [3.05, 3.63) is 231 Å². The molecule has 0 saturated heterocycles. The second kappa shape index (κ2) is 14.3.